The number of carbonyl (C=O) groups excluding carboxylic acids is 2. The summed E-state index contributed by atoms with van der Waals surface area (Å²) in [7, 11) is 0. The van der Waals surface area contributed by atoms with E-state index in [0.717, 1.165) is 0 Å². The van der Waals surface area contributed by atoms with Crippen LogP contribution in [0, 0.1) is 5.92 Å². The lowest BCUT2D eigenvalue weighted by atomic mass is 10.1. The van der Waals surface area contributed by atoms with Crippen LogP contribution in [0.4, 0.5) is 4.79 Å². The van der Waals surface area contributed by atoms with Gasteiger partial charge in [0.25, 0.3) is 0 Å². The molecule has 0 saturated carbocycles. The van der Waals surface area contributed by atoms with Crippen molar-refractivity contribution in [3.63, 3.8) is 0 Å². The molecule has 1 atom stereocenters. The van der Waals surface area contributed by atoms with E-state index in [1.165, 1.54) is 0 Å². The Morgan fingerprint density at radius 3 is 2.45 bits per heavy atom. The predicted molar refractivity (Wildman–Crippen MR) is 82.0 cm³/mol. The molecule has 0 saturated heterocycles. The fourth-order valence-electron chi connectivity index (χ4n) is 1.65. The van der Waals surface area contributed by atoms with Crippen LogP contribution >= 0.6 is 0 Å². The first-order chi connectivity index (χ1) is 10.2. The van der Waals surface area contributed by atoms with Crippen molar-refractivity contribution in [2.45, 2.75) is 52.9 Å². The Kier molecular flexibility index (Phi) is 6.34. The van der Waals surface area contributed by atoms with Crippen LogP contribution in [0.2, 0.25) is 0 Å². The minimum Gasteiger partial charge on any atom is -0.458 e. The van der Waals surface area contributed by atoms with Gasteiger partial charge in [0.1, 0.15) is 18.2 Å². The monoisotopic (exact) mass is 308 g/mol. The van der Waals surface area contributed by atoms with Crippen LogP contribution < -0.4 is 5.32 Å². The van der Waals surface area contributed by atoms with Crippen LogP contribution in [-0.2, 0) is 20.9 Å². The Hall–Kier alpha value is -2.11. The fraction of sp³-hybridized carbons (Fsp3) is 0.562. The number of alkyl carbamates (subject to hydrolysis) is 1. The number of amides is 1. The van der Waals surface area contributed by atoms with Gasteiger partial charge in [0, 0.05) is 6.20 Å². The Labute approximate surface area is 131 Å². The number of nitrogens with one attached hydrogen (secondary N) is 1. The van der Waals surface area contributed by atoms with E-state index >= 15 is 0 Å². The van der Waals surface area contributed by atoms with Gasteiger partial charge < -0.3 is 14.8 Å². The van der Waals surface area contributed by atoms with Crippen LogP contribution in [0.1, 0.15) is 40.3 Å². The Morgan fingerprint density at radius 1 is 1.27 bits per heavy atom. The first kappa shape index (κ1) is 17.9. The third kappa shape index (κ3) is 6.56. The highest BCUT2D eigenvalue weighted by Crippen LogP contribution is 2.10. The number of hydrogen-bond acceptors (Lipinski definition) is 5. The molecular formula is C16H24N2O4. The zero-order valence-electron chi connectivity index (χ0n) is 13.8. The highest BCUT2D eigenvalue weighted by Gasteiger charge is 2.28. The molecule has 6 heteroatoms. The Balaban J connectivity index is 2.58. The molecule has 1 N–H and O–H groups in total. The van der Waals surface area contributed by atoms with Gasteiger partial charge in [-0.1, -0.05) is 19.9 Å². The number of aromatic nitrogens is 1. The van der Waals surface area contributed by atoms with Crippen molar-refractivity contribution < 1.29 is 19.1 Å². The number of nitrogens with zero attached hydrogens (tertiary/aromatic N) is 1. The van der Waals surface area contributed by atoms with Crippen molar-refractivity contribution >= 4 is 12.1 Å². The second kappa shape index (κ2) is 7.77. The van der Waals surface area contributed by atoms with Gasteiger partial charge in [-0.05, 0) is 38.8 Å². The third-order valence-corrected chi connectivity index (χ3v) is 2.68. The molecule has 0 aromatic carbocycles. The largest absolute Gasteiger partial charge is 0.458 e. The van der Waals surface area contributed by atoms with Crippen LogP contribution in [0.25, 0.3) is 0 Å². The maximum absolute atomic E-state index is 12.1. The van der Waals surface area contributed by atoms with Crippen LogP contribution in [0.15, 0.2) is 24.4 Å². The lowest BCUT2D eigenvalue weighted by molar-refractivity contribution is -0.148. The van der Waals surface area contributed by atoms with E-state index in [1.54, 1.807) is 39.1 Å². The van der Waals surface area contributed by atoms with Gasteiger partial charge in [-0.2, -0.15) is 0 Å². The van der Waals surface area contributed by atoms with E-state index in [-0.39, 0.29) is 12.5 Å². The second-order valence-electron chi connectivity index (χ2n) is 6.30. The summed E-state index contributed by atoms with van der Waals surface area (Å²) in [6, 6.07) is 4.60. The maximum Gasteiger partial charge on any atom is 0.408 e. The summed E-state index contributed by atoms with van der Waals surface area (Å²) in [5, 5.41) is 2.55. The minimum atomic E-state index is -0.765. The SMILES string of the molecule is CC(C)C(NC(=O)OC(C)(C)C)C(=O)OCc1ccccn1. The van der Waals surface area contributed by atoms with Crippen molar-refractivity contribution in [1.82, 2.24) is 10.3 Å². The number of rotatable bonds is 5. The molecule has 1 aromatic rings. The zero-order chi connectivity index (χ0) is 16.8. The molecule has 0 spiro atoms. The summed E-state index contributed by atoms with van der Waals surface area (Å²) in [4.78, 5) is 28.0. The molecule has 0 bridgehead atoms. The first-order valence-corrected chi connectivity index (χ1v) is 7.25. The van der Waals surface area contributed by atoms with Gasteiger partial charge >= 0.3 is 12.1 Å². The van der Waals surface area contributed by atoms with E-state index < -0.39 is 23.7 Å². The Morgan fingerprint density at radius 2 is 1.95 bits per heavy atom. The first-order valence-electron chi connectivity index (χ1n) is 7.25. The van der Waals surface area contributed by atoms with E-state index in [0.29, 0.717) is 5.69 Å². The highest BCUT2D eigenvalue weighted by atomic mass is 16.6. The number of carbonyl (C=O) groups is 2. The van der Waals surface area contributed by atoms with Gasteiger partial charge in [0.05, 0.1) is 5.69 Å². The molecule has 122 valence electrons. The molecule has 22 heavy (non-hydrogen) atoms. The molecule has 0 aliphatic carbocycles. The molecule has 6 nitrogen and oxygen atoms in total. The number of pyridine rings is 1. The molecule has 1 rings (SSSR count). The fourth-order valence-corrected chi connectivity index (χ4v) is 1.65. The normalized spacial score (nSPS) is 12.6. The van der Waals surface area contributed by atoms with E-state index in [2.05, 4.69) is 10.3 Å². The van der Waals surface area contributed by atoms with Gasteiger partial charge in [0.15, 0.2) is 0 Å². The number of ether oxygens (including phenoxy) is 2. The number of hydrogen-bond donors (Lipinski definition) is 1. The van der Waals surface area contributed by atoms with E-state index in [4.69, 9.17) is 9.47 Å². The standard InChI is InChI=1S/C16H24N2O4/c1-11(2)13(18-15(20)22-16(3,4)5)14(19)21-10-12-8-6-7-9-17-12/h6-9,11,13H,10H2,1-5H3,(H,18,20). The lowest BCUT2D eigenvalue weighted by Crippen LogP contribution is -2.47. The average Bonchev–Trinajstić information content (AvgIpc) is 2.41. The predicted octanol–water partition coefficient (Wildman–Crippen LogP) is 2.67. The molecule has 0 aliphatic rings. The summed E-state index contributed by atoms with van der Waals surface area (Å²) < 4.78 is 10.4. The van der Waals surface area contributed by atoms with Gasteiger partial charge in [-0.15, -0.1) is 0 Å². The van der Waals surface area contributed by atoms with Crippen LogP contribution in [-0.4, -0.2) is 28.7 Å². The van der Waals surface area contributed by atoms with Crippen molar-refractivity contribution in [1.29, 1.82) is 0 Å². The zero-order valence-corrected chi connectivity index (χ0v) is 13.8. The molecule has 1 amide bonds. The van der Waals surface area contributed by atoms with E-state index in [9.17, 15) is 9.59 Å². The summed E-state index contributed by atoms with van der Waals surface area (Å²) in [5.74, 6) is -0.629. The van der Waals surface area contributed by atoms with Gasteiger partial charge in [-0.25, -0.2) is 9.59 Å². The molecule has 1 unspecified atom stereocenters. The number of esters is 1. The van der Waals surface area contributed by atoms with E-state index in [1.807, 2.05) is 19.9 Å². The summed E-state index contributed by atoms with van der Waals surface area (Å²) in [5.41, 5.74) is 0.0272. The van der Waals surface area contributed by atoms with Crippen LogP contribution in [0.5, 0.6) is 0 Å². The molecule has 1 heterocycles. The van der Waals surface area contributed by atoms with Crippen LogP contribution in [0.3, 0.4) is 0 Å². The van der Waals surface area contributed by atoms with Crippen molar-refractivity contribution in [3.8, 4) is 0 Å². The van der Waals surface area contributed by atoms with Crippen molar-refractivity contribution in [2.75, 3.05) is 0 Å². The Bertz CT molecular complexity index is 495. The van der Waals surface area contributed by atoms with Gasteiger partial charge in [0.2, 0.25) is 0 Å². The topological polar surface area (TPSA) is 77.5 Å². The third-order valence-electron chi connectivity index (χ3n) is 2.68. The molecule has 0 fully saturated rings. The molecule has 0 radical (unpaired) electrons. The second-order valence-corrected chi connectivity index (χ2v) is 6.30. The van der Waals surface area contributed by atoms with Crippen molar-refractivity contribution in [3.05, 3.63) is 30.1 Å². The smallest absolute Gasteiger partial charge is 0.408 e. The quantitative estimate of drug-likeness (QED) is 0.846. The minimum absolute atomic E-state index is 0.0683. The average molecular weight is 308 g/mol. The molecule has 1 aromatic heterocycles. The van der Waals surface area contributed by atoms with Gasteiger partial charge in [-0.3, -0.25) is 4.98 Å². The summed E-state index contributed by atoms with van der Waals surface area (Å²) in [6.07, 6.45) is 0.989. The maximum atomic E-state index is 12.1. The molecule has 0 aliphatic heterocycles. The van der Waals surface area contributed by atoms with Crippen molar-refractivity contribution in [2.24, 2.45) is 5.92 Å². The highest BCUT2D eigenvalue weighted by molar-refractivity contribution is 5.81. The summed E-state index contributed by atoms with van der Waals surface area (Å²) >= 11 is 0. The lowest BCUT2D eigenvalue weighted by Gasteiger charge is -2.24. The molecular weight excluding hydrogens is 284 g/mol. The summed E-state index contributed by atoms with van der Waals surface area (Å²) in [6.45, 7) is 9.00.